The largest absolute Gasteiger partial charge is 0.341 e. The van der Waals surface area contributed by atoms with E-state index in [2.05, 4.69) is 0 Å². The molecule has 1 heterocycles. The number of rotatable bonds is 5. The number of aryl methyl sites for hydroxylation is 1. The summed E-state index contributed by atoms with van der Waals surface area (Å²) < 4.78 is 0. The molecule has 0 bridgehead atoms. The van der Waals surface area contributed by atoms with Gasteiger partial charge in [0.2, 0.25) is 11.8 Å². The molecule has 0 atom stereocenters. The molecule has 2 amide bonds. The number of nitrogens with zero attached hydrogens (tertiary/aromatic N) is 2. The maximum Gasteiger partial charge on any atom is 0.242 e. The molecule has 1 fully saturated rings. The summed E-state index contributed by atoms with van der Waals surface area (Å²) in [6.07, 6.45) is 4.60. The molecule has 0 N–H and O–H groups in total. The summed E-state index contributed by atoms with van der Waals surface area (Å²) in [4.78, 5) is 28.4. The Kier molecular flexibility index (Phi) is 5.99. The van der Waals surface area contributed by atoms with E-state index >= 15 is 0 Å². The molecule has 0 saturated carbocycles. The van der Waals surface area contributed by atoms with E-state index in [0.717, 1.165) is 43.6 Å². The lowest BCUT2D eigenvalue weighted by Crippen LogP contribution is -2.44. The third-order valence-corrected chi connectivity index (χ3v) is 4.11. The van der Waals surface area contributed by atoms with Crippen molar-refractivity contribution in [2.75, 3.05) is 24.5 Å². The second-order valence-corrected chi connectivity index (χ2v) is 6.01. The fourth-order valence-corrected chi connectivity index (χ4v) is 2.78. The molecular weight excluding hydrogens is 276 g/mol. The van der Waals surface area contributed by atoms with Crippen molar-refractivity contribution in [3.8, 4) is 0 Å². The van der Waals surface area contributed by atoms with E-state index in [1.165, 1.54) is 6.42 Å². The van der Waals surface area contributed by atoms with Crippen molar-refractivity contribution >= 4 is 17.5 Å². The van der Waals surface area contributed by atoms with Gasteiger partial charge in [0.1, 0.15) is 6.54 Å². The number of carbonyl (C=O) groups excluding carboxylic acids is 2. The number of carbonyl (C=O) groups is 2. The van der Waals surface area contributed by atoms with Gasteiger partial charge >= 0.3 is 0 Å². The molecule has 1 aromatic rings. The number of hydrogen-bond acceptors (Lipinski definition) is 2. The van der Waals surface area contributed by atoms with Gasteiger partial charge in [0.25, 0.3) is 0 Å². The van der Waals surface area contributed by atoms with Crippen molar-refractivity contribution in [1.82, 2.24) is 4.90 Å². The maximum absolute atomic E-state index is 12.5. The van der Waals surface area contributed by atoms with E-state index in [0.29, 0.717) is 6.42 Å². The normalized spacial score (nSPS) is 14.7. The molecule has 1 aliphatic heterocycles. The fourth-order valence-electron chi connectivity index (χ4n) is 2.78. The zero-order valence-electron chi connectivity index (χ0n) is 13.7. The van der Waals surface area contributed by atoms with Gasteiger partial charge in [-0.1, -0.05) is 24.6 Å². The minimum atomic E-state index is 0.0247. The number of anilines is 1. The highest BCUT2D eigenvalue weighted by Crippen LogP contribution is 2.18. The first kappa shape index (κ1) is 16.5. The molecule has 0 aromatic heterocycles. The molecular formula is C18H26N2O2. The zero-order valence-corrected chi connectivity index (χ0v) is 13.7. The molecule has 22 heavy (non-hydrogen) atoms. The molecule has 0 aliphatic carbocycles. The Morgan fingerprint density at radius 3 is 2.32 bits per heavy atom. The van der Waals surface area contributed by atoms with Crippen LogP contribution in [0.2, 0.25) is 0 Å². The third-order valence-electron chi connectivity index (χ3n) is 4.11. The first-order valence-electron chi connectivity index (χ1n) is 8.26. The molecule has 4 nitrogen and oxygen atoms in total. The van der Waals surface area contributed by atoms with Crippen LogP contribution in [0.5, 0.6) is 0 Å². The van der Waals surface area contributed by atoms with Gasteiger partial charge in [0.05, 0.1) is 0 Å². The third kappa shape index (κ3) is 4.33. The molecule has 0 unspecified atom stereocenters. The van der Waals surface area contributed by atoms with E-state index in [-0.39, 0.29) is 18.4 Å². The van der Waals surface area contributed by atoms with Crippen LogP contribution in [0.3, 0.4) is 0 Å². The number of amides is 2. The summed E-state index contributed by atoms with van der Waals surface area (Å²) in [5.74, 6) is 0.0847. The van der Waals surface area contributed by atoms with E-state index < -0.39 is 0 Å². The van der Waals surface area contributed by atoms with Crippen LogP contribution in [-0.4, -0.2) is 36.3 Å². The van der Waals surface area contributed by atoms with E-state index in [1.807, 2.05) is 43.0 Å². The van der Waals surface area contributed by atoms with Crippen LogP contribution in [0.15, 0.2) is 24.3 Å². The van der Waals surface area contributed by atoms with Crippen LogP contribution >= 0.6 is 0 Å². The average molecular weight is 302 g/mol. The highest BCUT2D eigenvalue weighted by atomic mass is 16.2. The van der Waals surface area contributed by atoms with Gasteiger partial charge in [-0.25, -0.2) is 0 Å². The van der Waals surface area contributed by atoms with Crippen LogP contribution < -0.4 is 4.90 Å². The minimum absolute atomic E-state index is 0.0247. The zero-order chi connectivity index (χ0) is 15.9. The first-order chi connectivity index (χ1) is 10.6. The van der Waals surface area contributed by atoms with Crippen LogP contribution in [0.4, 0.5) is 5.69 Å². The van der Waals surface area contributed by atoms with Crippen molar-refractivity contribution in [2.24, 2.45) is 0 Å². The standard InChI is InChI=1S/C18H26N2O2/c1-3-7-17(21)20(16-10-8-15(2)9-11-16)14-18(22)19-12-5-4-6-13-19/h8-11H,3-7,12-14H2,1-2H3. The summed E-state index contributed by atoms with van der Waals surface area (Å²) in [5.41, 5.74) is 1.96. The molecule has 1 aromatic carbocycles. The Balaban J connectivity index is 2.11. The lowest BCUT2D eigenvalue weighted by molar-refractivity contribution is -0.132. The van der Waals surface area contributed by atoms with Crippen LogP contribution in [0.1, 0.15) is 44.6 Å². The summed E-state index contributed by atoms with van der Waals surface area (Å²) in [5, 5.41) is 0. The predicted octanol–water partition coefficient (Wildman–Crippen LogP) is 3.14. The Morgan fingerprint density at radius 1 is 1.09 bits per heavy atom. The SMILES string of the molecule is CCCC(=O)N(CC(=O)N1CCCCC1)c1ccc(C)cc1. The maximum atomic E-state index is 12.5. The van der Waals surface area contributed by atoms with Gasteiger partial charge in [0, 0.05) is 25.2 Å². The fraction of sp³-hybridized carbons (Fsp3) is 0.556. The Morgan fingerprint density at radius 2 is 1.73 bits per heavy atom. The van der Waals surface area contributed by atoms with Crippen molar-refractivity contribution in [3.05, 3.63) is 29.8 Å². The van der Waals surface area contributed by atoms with E-state index in [4.69, 9.17) is 0 Å². The Labute approximate surface area is 133 Å². The molecule has 0 radical (unpaired) electrons. The monoisotopic (exact) mass is 302 g/mol. The number of piperidine rings is 1. The average Bonchev–Trinajstić information content (AvgIpc) is 2.54. The number of likely N-dealkylation sites (tertiary alicyclic amines) is 1. The topological polar surface area (TPSA) is 40.6 Å². The van der Waals surface area contributed by atoms with Crippen molar-refractivity contribution in [1.29, 1.82) is 0 Å². The molecule has 120 valence electrons. The van der Waals surface area contributed by atoms with E-state index in [9.17, 15) is 9.59 Å². The van der Waals surface area contributed by atoms with Crippen molar-refractivity contribution in [3.63, 3.8) is 0 Å². The highest BCUT2D eigenvalue weighted by Gasteiger charge is 2.23. The van der Waals surface area contributed by atoms with Crippen LogP contribution in [0.25, 0.3) is 0 Å². The molecule has 2 rings (SSSR count). The van der Waals surface area contributed by atoms with Gasteiger partial charge in [-0.15, -0.1) is 0 Å². The minimum Gasteiger partial charge on any atom is -0.341 e. The van der Waals surface area contributed by atoms with Gasteiger partial charge in [-0.2, -0.15) is 0 Å². The van der Waals surface area contributed by atoms with Crippen LogP contribution in [-0.2, 0) is 9.59 Å². The smallest absolute Gasteiger partial charge is 0.242 e. The highest BCUT2D eigenvalue weighted by molar-refractivity contribution is 5.98. The Bertz CT molecular complexity index is 504. The van der Waals surface area contributed by atoms with Crippen molar-refractivity contribution in [2.45, 2.75) is 46.0 Å². The lowest BCUT2D eigenvalue weighted by atomic mass is 10.1. The molecule has 1 saturated heterocycles. The summed E-state index contributed by atoms with van der Waals surface area (Å²) >= 11 is 0. The lowest BCUT2D eigenvalue weighted by Gasteiger charge is -2.30. The molecule has 4 heteroatoms. The second-order valence-electron chi connectivity index (χ2n) is 6.01. The summed E-state index contributed by atoms with van der Waals surface area (Å²) in [7, 11) is 0. The summed E-state index contributed by atoms with van der Waals surface area (Å²) in [6, 6.07) is 7.80. The number of benzene rings is 1. The quantitative estimate of drug-likeness (QED) is 0.838. The predicted molar refractivity (Wildman–Crippen MR) is 88.9 cm³/mol. The van der Waals surface area contributed by atoms with Crippen LogP contribution in [0, 0.1) is 6.92 Å². The summed E-state index contributed by atoms with van der Waals surface area (Å²) in [6.45, 7) is 5.80. The molecule has 0 spiro atoms. The van der Waals surface area contributed by atoms with Gasteiger partial charge in [0.15, 0.2) is 0 Å². The van der Waals surface area contributed by atoms with Gasteiger partial charge in [-0.05, 0) is 44.7 Å². The molecule has 1 aliphatic rings. The second kappa shape index (κ2) is 7.97. The first-order valence-corrected chi connectivity index (χ1v) is 8.26. The van der Waals surface area contributed by atoms with Gasteiger partial charge in [-0.3, -0.25) is 9.59 Å². The Hall–Kier alpha value is -1.84. The van der Waals surface area contributed by atoms with E-state index in [1.54, 1.807) is 4.90 Å². The van der Waals surface area contributed by atoms with Gasteiger partial charge < -0.3 is 9.80 Å². The van der Waals surface area contributed by atoms with Crippen molar-refractivity contribution < 1.29 is 9.59 Å². The number of hydrogen-bond donors (Lipinski definition) is 0.